The fourth-order valence-electron chi connectivity index (χ4n) is 4.34. The molecule has 2 aliphatic heterocycles. The van der Waals surface area contributed by atoms with Crippen LogP contribution in [-0.2, 0) is 20.3 Å². The average Bonchev–Trinajstić information content (AvgIpc) is 2.81. The molecule has 32 heavy (non-hydrogen) atoms. The van der Waals surface area contributed by atoms with Crippen LogP contribution in [0.15, 0.2) is 48.5 Å². The Kier molecular flexibility index (Phi) is 11.1. The van der Waals surface area contributed by atoms with E-state index in [4.69, 9.17) is 15.2 Å². The number of nitrogens with two attached hydrogens (primary N) is 1. The molecule has 2 aromatic carbocycles. The molecule has 0 radical (unpaired) electrons. The number of nitrogens with zero attached hydrogens (tertiary/aromatic N) is 1. The summed E-state index contributed by atoms with van der Waals surface area (Å²) < 4.78 is 10.7. The fraction of sp³-hybridized carbons (Fsp3) is 0.536. The minimum atomic E-state index is -0.314. The van der Waals surface area contributed by atoms with Crippen LogP contribution in [0.5, 0.6) is 0 Å². The standard InChI is InChI=1S/C13H19NO.C13H15NO.2CH4/c2*1-11-2-4-12(5-3-11)13(10-14)6-8-15-9-7-13;;/h2-5H,6-10,14H2,1H3;2-5H,6-9H2,1H3;2*1H4. The molecule has 4 rings (SSSR count). The van der Waals surface area contributed by atoms with Gasteiger partial charge < -0.3 is 15.2 Å². The van der Waals surface area contributed by atoms with E-state index in [9.17, 15) is 5.26 Å². The normalized spacial score (nSPS) is 18.6. The van der Waals surface area contributed by atoms with Gasteiger partial charge in [-0.25, -0.2) is 0 Å². The van der Waals surface area contributed by atoms with Crippen LogP contribution in [0.1, 0.15) is 62.8 Å². The molecule has 4 nitrogen and oxygen atoms in total. The third-order valence-electron chi connectivity index (χ3n) is 6.67. The minimum absolute atomic E-state index is 0. The van der Waals surface area contributed by atoms with Crippen molar-refractivity contribution < 1.29 is 9.47 Å². The maximum atomic E-state index is 9.36. The van der Waals surface area contributed by atoms with Crippen LogP contribution in [0.3, 0.4) is 0 Å². The second kappa shape index (κ2) is 12.7. The zero-order valence-electron chi connectivity index (χ0n) is 18.3. The third-order valence-corrected chi connectivity index (χ3v) is 6.67. The Labute approximate surface area is 195 Å². The van der Waals surface area contributed by atoms with Crippen LogP contribution >= 0.6 is 0 Å². The van der Waals surface area contributed by atoms with Crippen LogP contribution in [-0.4, -0.2) is 33.0 Å². The molecule has 0 atom stereocenters. The lowest BCUT2D eigenvalue weighted by molar-refractivity contribution is 0.0529. The topological polar surface area (TPSA) is 68.3 Å². The highest BCUT2D eigenvalue weighted by molar-refractivity contribution is 5.35. The highest BCUT2D eigenvalue weighted by Crippen LogP contribution is 2.34. The Balaban J connectivity index is 0.000000301. The average molecular weight is 439 g/mol. The summed E-state index contributed by atoms with van der Waals surface area (Å²) in [4.78, 5) is 0. The molecule has 0 unspecified atom stereocenters. The molecule has 0 amide bonds. The second-order valence-electron chi connectivity index (χ2n) is 8.64. The quantitative estimate of drug-likeness (QED) is 0.653. The molecule has 2 heterocycles. The van der Waals surface area contributed by atoms with Crippen LogP contribution in [0.25, 0.3) is 0 Å². The van der Waals surface area contributed by atoms with Gasteiger partial charge in [0, 0.05) is 38.4 Å². The molecule has 0 bridgehead atoms. The third kappa shape index (κ3) is 6.42. The number of hydrogen-bond acceptors (Lipinski definition) is 4. The van der Waals surface area contributed by atoms with Gasteiger partial charge in [0.25, 0.3) is 0 Å². The van der Waals surface area contributed by atoms with Gasteiger partial charge in [0.2, 0.25) is 0 Å². The van der Waals surface area contributed by atoms with Crippen molar-refractivity contribution in [3.05, 3.63) is 70.8 Å². The molecule has 2 fully saturated rings. The summed E-state index contributed by atoms with van der Waals surface area (Å²) in [6.45, 7) is 7.97. The van der Waals surface area contributed by atoms with Crippen molar-refractivity contribution in [3.8, 4) is 6.07 Å². The summed E-state index contributed by atoms with van der Waals surface area (Å²) in [6.07, 6.45) is 3.72. The number of hydrogen-bond donors (Lipinski definition) is 1. The van der Waals surface area contributed by atoms with Crippen molar-refractivity contribution >= 4 is 0 Å². The Morgan fingerprint density at radius 2 is 1.16 bits per heavy atom. The van der Waals surface area contributed by atoms with Crippen LogP contribution in [0, 0.1) is 25.2 Å². The SMILES string of the molecule is C.C.Cc1ccc(C2(C#N)CCOCC2)cc1.Cc1ccc(C2(CN)CCOCC2)cc1. The summed E-state index contributed by atoms with van der Waals surface area (Å²) >= 11 is 0. The van der Waals surface area contributed by atoms with Crippen molar-refractivity contribution in [1.29, 1.82) is 5.26 Å². The summed E-state index contributed by atoms with van der Waals surface area (Å²) in [7, 11) is 0. The Morgan fingerprint density at radius 1 is 0.750 bits per heavy atom. The van der Waals surface area contributed by atoms with Crippen LogP contribution in [0.4, 0.5) is 0 Å². The van der Waals surface area contributed by atoms with Crippen LogP contribution in [0.2, 0.25) is 0 Å². The van der Waals surface area contributed by atoms with E-state index in [0.29, 0.717) is 13.2 Å². The van der Waals surface area contributed by atoms with E-state index in [-0.39, 0.29) is 25.7 Å². The first-order chi connectivity index (χ1) is 14.5. The van der Waals surface area contributed by atoms with E-state index >= 15 is 0 Å². The lowest BCUT2D eigenvalue weighted by atomic mass is 9.74. The van der Waals surface area contributed by atoms with E-state index < -0.39 is 0 Å². The first kappa shape index (κ1) is 27.8. The van der Waals surface area contributed by atoms with Gasteiger partial charge in [0.05, 0.1) is 11.5 Å². The summed E-state index contributed by atoms with van der Waals surface area (Å²) in [5.41, 5.74) is 10.8. The predicted octanol–water partition coefficient (Wildman–Crippen LogP) is 5.84. The fourth-order valence-corrected chi connectivity index (χ4v) is 4.34. The van der Waals surface area contributed by atoms with Gasteiger partial charge >= 0.3 is 0 Å². The number of benzene rings is 2. The number of aryl methyl sites for hydroxylation is 2. The molecule has 0 aliphatic carbocycles. The zero-order valence-corrected chi connectivity index (χ0v) is 18.3. The molecule has 0 spiro atoms. The van der Waals surface area contributed by atoms with E-state index in [1.54, 1.807) is 0 Å². The molecule has 2 aromatic rings. The summed E-state index contributed by atoms with van der Waals surface area (Å²) in [5.74, 6) is 0. The molecule has 2 aliphatic rings. The van der Waals surface area contributed by atoms with Crippen molar-refractivity contribution in [2.75, 3.05) is 33.0 Å². The largest absolute Gasteiger partial charge is 0.381 e. The molecule has 2 N–H and O–H groups in total. The first-order valence-electron chi connectivity index (χ1n) is 10.9. The van der Waals surface area contributed by atoms with E-state index in [2.05, 4.69) is 68.4 Å². The number of ether oxygens (including phenoxy) is 2. The number of rotatable bonds is 3. The minimum Gasteiger partial charge on any atom is -0.381 e. The molecule has 2 saturated heterocycles. The predicted molar refractivity (Wildman–Crippen MR) is 134 cm³/mol. The molecular weight excluding hydrogens is 396 g/mol. The Bertz CT molecular complexity index is 825. The zero-order chi connectivity index (χ0) is 21.5. The molecule has 4 heteroatoms. The maximum Gasteiger partial charge on any atom is 0.0866 e. The first-order valence-corrected chi connectivity index (χ1v) is 10.9. The molecule has 176 valence electrons. The van der Waals surface area contributed by atoms with Gasteiger partial charge in [-0.2, -0.15) is 5.26 Å². The lowest BCUT2D eigenvalue weighted by Crippen LogP contribution is -2.40. The molecular formula is C28H42N2O2. The number of nitriles is 1. The highest BCUT2D eigenvalue weighted by Gasteiger charge is 2.34. The lowest BCUT2D eigenvalue weighted by Gasteiger charge is -2.36. The van der Waals surface area contributed by atoms with Crippen LogP contribution < -0.4 is 5.73 Å². The van der Waals surface area contributed by atoms with Crippen molar-refractivity contribution in [2.24, 2.45) is 5.73 Å². The van der Waals surface area contributed by atoms with E-state index in [1.165, 1.54) is 16.7 Å². The Hall–Kier alpha value is -2.19. The van der Waals surface area contributed by atoms with Gasteiger partial charge in [-0.1, -0.05) is 74.5 Å². The van der Waals surface area contributed by atoms with E-state index in [1.807, 2.05) is 0 Å². The van der Waals surface area contributed by atoms with Gasteiger partial charge in [-0.15, -0.1) is 0 Å². The van der Waals surface area contributed by atoms with Crippen molar-refractivity contribution in [3.63, 3.8) is 0 Å². The highest BCUT2D eigenvalue weighted by atomic mass is 16.5. The Morgan fingerprint density at radius 3 is 1.56 bits per heavy atom. The second-order valence-corrected chi connectivity index (χ2v) is 8.64. The maximum absolute atomic E-state index is 9.36. The smallest absolute Gasteiger partial charge is 0.0866 e. The molecule has 0 aromatic heterocycles. The summed E-state index contributed by atoms with van der Waals surface area (Å²) in [6, 6.07) is 19.5. The van der Waals surface area contributed by atoms with Gasteiger partial charge in [0.1, 0.15) is 0 Å². The monoisotopic (exact) mass is 438 g/mol. The molecule has 0 saturated carbocycles. The van der Waals surface area contributed by atoms with Gasteiger partial charge in [-0.05, 0) is 50.7 Å². The van der Waals surface area contributed by atoms with Gasteiger partial charge in [-0.3, -0.25) is 0 Å². The van der Waals surface area contributed by atoms with Crippen molar-refractivity contribution in [1.82, 2.24) is 0 Å². The van der Waals surface area contributed by atoms with E-state index in [0.717, 1.165) is 51.0 Å². The summed E-state index contributed by atoms with van der Waals surface area (Å²) in [5, 5.41) is 9.36. The van der Waals surface area contributed by atoms with Crippen molar-refractivity contribution in [2.45, 2.75) is 65.2 Å². The van der Waals surface area contributed by atoms with Gasteiger partial charge in [0.15, 0.2) is 0 Å².